The van der Waals surface area contributed by atoms with Crippen LogP contribution >= 0.6 is 0 Å². The highest BCUT2D eigenvalue weighted by atomic mass is 16.5. The molecular formula is C30H51N7O8. The number of carbonyl (C=O) groups excluding carboxylic acids is 2. The fourth-order valence-electron chi connectivity index (χ4n) is 5.50. The van der Waals surface area contributed by atoms with Crippen LogP contribution in [0.3, 0.4) is 0 Å². The second-order valence-corrected chi connectivity index (χ2v) is 11.7. The Kier molecular flexibility index (Phi) is 16.4. The number of carbonyl (C=O) groups is 2. The maximum atomic E-state index is 12.6. The standard InChI is InChI=1S/C30H51N7O8/c38-15-13-11-9-7-5-3-1-2-4-6-8-10-12-14-21(41)31-16-22(42)36-23-25(43)26(44)30(45-27(23)20(40)17-39)37-29-24-28(33-18-32-24)34-19-35-29/h18-20,23,25-27,30,38-40,43-44H,1-17H2,(H,31,41)(H,36,42)(H2,32,33,34,35,37)/t20-,23+,25+,26+,27-,30-/m0/s1. The number of anilines is 1. The molecule has 0 spiro atoms. The fraction of sp³-hybridized carbons (Fsp3) is 0.767. The number of aromatic nitrogens is 4. The van der Waals surface area contributed by atoms with E-state index in [1.54, 1.807) is 0 Å². The van der Waals surface area contributed by atoms with Gasteiger partial charge in [-0.25, -0.2) is 15.0 Å². The van der Waals surface area contributed by atoms with E-state index in [4.69, 9.17) is 9.84 Å². The van der Waals surface area contributed by atoms with Crippen molar-refractivity contribution in [2.24, 2.45) is 0 Å². The number of ether oxygens (including phenoxy) is 1. The summed E-state index contributed by atoms with van der Waals surface area (Å²) < 4.78 is 5.79. The molecule has 254 valence electrons. The largest absolute Gasteiger partial charge is 0.396 e. The van der Waals surface area contributed by atoms with Crippen LogP contribution in [-0.2, 0) is 14.3 Å². The highest BCUT2D eigenvalue weighted by Crippen LogP contribution is 2.26. The molecule has 0 unspecified atom stereocenters. The maximum Gasteiger partial charge on any atom is 0.239 e. The highest BCUT2D eigenvalue weighted by molar-refractivity contribution is 5.85. The summed E-state index contributed by atoms with van der Waals surface area (Å²) in [5.41, 5.74) is 0.786. The Bertz CT molecular complexity index is 1140. The lowest BCUT2D eigenvalue weighted by Crippen LogP contribution is -2.68. The lowest BCUT2D eigenvalue weighted by Gasteiger charge is -2.44. The molecular weight excluding hydrogens is 586 g/mol. The third kappa shape index (κ3) is 12.1. The van der Waals surface area contributed by atoms with E-state index in [0.717, 1.165) is 38.5 Å². The van der Waals surface area contributed by atoms with Gasteiger partial charge in [0.2, 0.25) is 11.8 Å². The molecule has 1 saturated heterocycles. The summed E-state index contributed by atoms with van der Waals surface area (Å²) in [6.07, 6.45) is 10.3. The van der Waals surface area contributed by atoms with Crippen molar-refractivity contribution < 1.29 is 39.9 Å². The smallest absolute Gasteiger partial charge is 0.239 e. The number of H-pyrrole nitrogens is 1. The number of imidazole rings is 1. The summed E-state index contributed by atoms with van der Waals surface area (Å²) in [7, 11) is 0. The molecule has 15 nitrogen and oxygen atoms in total. The Morgan fingerprint density at radius 2 is 1.47 bits per heavy atom. The van der Waals surface area contributed by atoms with Gasteiger partial charge in [-0.3, -0.25) is 9.59 Å². The molecule has 9 N–H and O–H groups in total. The van der Waals surface area contributed by atoms with Gasteiger partial charge in [0.25, 0.3) is 0 Å². The molecule has 45 heavy (non-hydrogen) atoms. The van der Waals surface area contributed by atoms with E-state index in [9.17, 15) is 30.0 Å². The van der Waals surface area contributed by atoms with Crippen molar-refractivity contribution in [3.05, 3.63) is 12.7 Å². The molecule has 6 atom stereocenters. The normalized spacial score (nSPS) is 22.3. The molecule has 2 aromatic heterocycles. The fourth-order valence-corrected chi connectivity index (χ4v) is 5.50. The summed E-state index contributed by atoms with van der Waals surface area (Å²) >= 11 is 0. The van der Waals surface area contributed by atoms with E-state index in [0.29, 0.717) is 24.2 Å². The molecule has 2 amide bonds. The summed E-state index contributed by atoms with van der Waals surface area (Å²) in [6, 6.07) is -1.28. The first kappa shape index (κ1) is 36.5. The topological polar surface area (TPSA) is 235 Å². The first-order valence-electron chi connectivity index (χ1n) is 16.2. The molecule has 3 heterocycles. The number of nitrogens with one attached hydrogen (secondary N) is 4. The van der Waals surface area contributed by atoms with Gasteiger partial charge in [-0.1, -0.05) is 70.6 Å². The minimum Gasteiger partial charge on any atom is -0.396 e. The Labute approximate surface area is 263 Å². The van der Waals surface area contributed by atoms with Gasteiger partial charge in [-0.2, -0.15) is 0 Å². The zero-order chi connectivity index (χ0) is 32.4. The monoisotopic (exact) mass is 637 g/mol. The first-order valence-corrected chi connectivity index (χ1v) is 16.2. The molecule has 0 aromatic carbocycles. The lowest BCUT2D eigenvalue weighted by molar-refractivity contribution is -0.204. The molecule has 3 rings (SSSR count). The van der Waals surface area contributed by atoms with Gasteiger partial charge in [-0.05, 0) is 12.8 Å². The van der Waals surface area contributed by atoms with Gasteiger partial charge in [0.15, 0.2) is 17.7 Å². The second-order valence-electron chi connectivity index (χ2n) is 11.7. The summed E-state index contributed by atoms with van der Waals surface area (Å²) in [5.74, 6) is -0.690. The Balaban J connectivity index is 1.32. The molecule has 2 aromatic rings. The molecule has 0 aliphatic carbocycles. The number of aromatic amines is 1. The molecule has 0 saturated carbocycles. The van der Waals surface area contributed by atoms with Gasteiger partial charge in [0, 0.05) is 13.0 Å². The zero-order valence-electron chi connectivity index (χ0n) is 25.9. The van der Waals surface area contributed by atoms with Crippen molar-refractivity contribution >= 4 is 28.8 Å². The molecule has 0 radical (unpaired) electrons. The number of unbranched alkanes of at least 4 members (excludes halogenated alkanes) is 12. The van der Waals surface area contributed by atoms with Crippen LogP contribution in [0.15, 0.2) is 12.7 Å². The number of aliphatic hydroxyl groups excluding tert-OH is 5. The average Bonchev–Trinajstić information content (AvgIpc) is 3.53. The van der Waals surface area contributed by atoms with Crippen molar-refractivity contribution in [2.45, 2.75) is 127 Å². The molecule has 15 heteroatoms. The van der Waals surface area contributed by atoms with Crippen LogP contribution in [0.2, 0.25) is 0 Å². The van der Waals surface area contributed by atoms with Crippen molar-refractivity contribution in [3.8, 4) is 0 Å². The van der Waals surface area contributed by atoms with Gasteiger partial charge in [-0.15, -0.1) is 0 Å². The van der Waals surface area contributed by atoms with E-state index >= 15 is 0 Å². The predicted octanol–water partition coefficient (Wildman–Crippen LogP) is 0.619. The van der Waals surface area contributed by atoms with Crippen molar-refractivity contribution in [3.63, 3.8) is 0 Å². The van der Waals surface area contributed by atoms with Gasteiger partial charge in [0.1, 0.15) is 36.3 Å². The van der Waals surface area contributed by atoms with E-state index in [2.05, 4.69) is 35.9 Å². The number of fused-ring (bicyclic) bond motifs is 1. The van der Waals surface area contributed by atoms with E-state index in [1.807, 2.05) is 0 Å². The Morgan fingerprint density at radius 1 is 0.844 bits per heavy atom. The van der Waals surface area contributed by atoms with Crippen LogP contribution in [0.1, 0.15) is 89.9 Å². The molecule has 1 aliphatic rings. The van der Waals surface area contributed by atoms with E-state index in [-0.39, 0.29) is 18.3 Å². The zero-order valence-corrected chi connectivity index (χ0v) is 25.9. The lowest BCUT2D eigenvalue weighted by atomic mass is 9.92. The van der Waals surface area contributed by atoms with E-state index in [1.165, 1.54) is 57.6 Å². The predicted molar refractivity (Wildman–Crippen MR) is 166 cm³/mol. The van der Waals surface area contributed by atoms with Crippen LogP contribution in [0.5, 0.6) is 0 Å². The average molecular weight is 638 g/mol. The van der Waals surface area contributed by atoms with Crippen LogP contribution in [0, 0.1) is 0 Å². The summed E-state index contributed by atoms with van der Waals surface area (Å²) in [5, 5.41) is 58.3. The third-order valence-electron chi connectivity index (χ3n) is 8.09. The van der Waals surface area contributed by atoms with Gasteiger partial charge in [0.05, 0.1) is 25.5 Å². The van der Waals surface area contributed by atoms with Gasteiger partial charge < -0.3 is 51.2 Å². The van der Waals surface area contributed by atoms with Crippen molar-refractivity contribution in [2.75, 3.05) is 25.1 Å². The van der Waals surface area contributed by atoms with Crippen LogP contribution in [0.25, 0.3) is 11.2 Å². The van der Waals surface area contributed by atoms with Crippen LogP contribution in [-0.4, -0.2) is 114 Å². The maximum absolute atomic E-state index is 12.6. The minimum atomic E-state index is -1.59. The summed E-state index contributed by atoms with van der Waals surface area (Å²) in [4.78, 5) is 39.9. The number of hydrogen-bond acceptors (Lipinski definition) is 12. The molecule has 0 bridgehead atoms. The van der Waals surface area contributed by atoms with Crippen LogP contribution in [0.4, 0.5) is 5.82 Å². The van der Waals surface area contributed by atoms with Crippen molar-refractivity contribution in [1.82, 2.24) is 30.6 Å². The van der Waals surface area contributed by atoms with Gasteiger partial charge >= 0.3 is 0 Å². The quantitative estimate of drug-likeness (QED) is 0.0808. The number of aliphatic hydroxyl groups is 5. The van der Waals surface area contributed by atoms with E-state index < -0.39 is 49.2 Å². The Morgan fingerprint density at radius 3 is 2.09 bits per heavy atom. The number of amides is 2. The SMILES string of the molecule is O=C(CCCCCCCCCCCCCCCO)NCC(=O)N[C@@H]1[C@@H](O)[C@@H](O)[C@@H](Nc2ncnc3nc[nH]c23)O[C@H]1[C@@H](O)CO. The number of nitrogens with zero attached hydrogens (tertiary/aromatic N) is 3. The Hall–Kier alpha value is -2.95. The number of hydrogen-bond donors (Lipinski definition) is 9. The summed E-state index contributed by atoms with van der Waals surface area (Å²) in [6.45, 7) is -0.795. The first-order chi connectivity index (χ1) is 21.8. The molecule has 1 fully saturated rings. The highest BCUT2D eigenvalue weighted by Gasteiger charge is 2.48. The van der Waals surface area contributed by atoms with Crippen LogP contribution < -0.4 is 16.0 Å². The molecule has 1 aliphatic heterocycles. The third-order valence-corrected chi connectivity index (χ3v) is 8.09. The number of rotatable bonds is 22. The minimum absolute atomic E-state index is 0.226. The second kappa shape index (κ2) is 20.2. The van der Waals surface area contributed by atoms with Crippen molar-refractivity contribution in [1.29, 1.82) is 0 Å².